The van der Waals surface area contributed by atoms with Gasteiger partial charge in [-0.15, -0.1) is 0 Å². The molecule has 1 nitrogen and oxygen atoms in total. The Kier molecular flexibility index (Phi) is 3.32. The molecule has 16 heavy (non-hydrogen) atoms. The molecule has 1 saturated carbocycles. The Morgan fingerprint density at radius 1 is 1.00 bits per heavy atom. The van der Waals surface area contributed by atoms with Crippen LogP contribution in [0.5, 0.6) is 0 Å². The summed E-state index contributed by atoms with van der Waals surface area (Å²) in [5, 5.41) is 0. The molecule has 1 aliphatic rings. The maximum atomic E-state index is 13.0. The van der Waals surface area contributed by atoms with E-state index >= 15 is 0 Å². The van der Waals surface area contributed by atoms with Gasteiger partial charge in [-0.2, -0.15) is 0 Å². The van der Waals surface area contributed by atoms with Gasteiger partial charge in [-0.3, -0.25) is 0 Å². The van der Waals surface area contributed by atoms with Crippen LogP contribution in [0.25, 0.3) is 0 Å². The standard InChI is InChI=1S/C13H14F2O/c14-12-5-11(6-13(15)7-12)10-3-1-9(8-16)2-4-10/h5-10H,1-4H2/t9-,10-. The molecule has 0 N–H and O–H groups in total. The molecule has 0 spiro atoms. The molecule has 2 rings (SSSR count). The zero-order valence-corrected chi connectivity index (χ0v) is 8.96. The highest BCUT2D eigenvalue weighted by molar-refractivity contribution is 5.53. The molecule has 1 aromatic carbocycles. The third-order valence-electron chi connectivity index (χ3n) is 3.32. The summed E-state index contributed by atoms with van der Waals surface area (Å²) >= 11 is 0. The molecule has 0 aliphatic heterocycles. The van der Waals surface area contributed by atoms with Gasteiger partial charge in [0.05, 0.1) is 0 Å². The molecule has 0 unspecified atom stereocenters. The molecule has 0 amide bonds. The fourth-order valence-electron chi connectivity index (χ4n) is 2.40. The SMILES string of the molecule is O=C[C@H]1CC[C@H](c2cc(F)cc(F)c2)CC1. The molecule has 1 fully saturated rings. The molecule has 0 radical (unpaired) electrons. The van der Waals surface area contributed by atoms with Crippen molar-refractivity contribution >= 4 is 6.29 Å². The van der Waals surface area contributed by atoms with Crippen molar-refractivity contribution < 1.29 is 13.6 Å². The topological polar surface area (TPSA) is 17.1 Å². The minimum atomic E-state index is -0.521. The average Bonchev–Trinajstić information content (AvgIpc) is 2.28. The smallest absolute Gasteiger partial charge is 0.126 e. The van der Waals surface area contributed by atoms with E-state index in [1.165, 1.54) is 12.1 Å². The lowest BCUT2D eigenvalue weighted by Gasteiger charge is -2.25. The Balaban J connectivity index is 2.10. The van der Waals surface area contributed by atoms with E-state index in [0.29, 0.717) is 0 Å². The maximum Gasteiger partial charge on any atom is 0.126 e. The number of rotatable bonds is 2. The molecule has 0 atom stereocenters. The first-order valence-corrected chi connectivity index (χ1v) is 5.60. The summed E-state index contributed by atoms with van der Waals surface area (Å²) in [6.07, 6.45) is 4.32. The summed E-state index contributed by atoms with van der Waals surface area (Å²) in [5.41, 5.74) is 0.724. The highest BCUT2D eigenvalue weighted by Gasteiger charge is 2.22. The predicted molar refractivity (Wildman–Crippen MR) is 57.1 cm³/mol. The number of carbonyl (C=O) groups excluding carboxylic acids is 1. The first-order valence-electron chi connectivity index (χ1n) is 5.60. The van der Waals surface area contributed by atoms with Gasteiger partial charge >= 0.3 is 0 Å². The van der Waals surface area contributed by atoms with Gasteiger partial charge in [0.25, 0.3) is 0 Å². The average molecular weight is 224 g/mol. The lowest BCUT2D eigenvalue weighted by molar-refractivity contribution is -0.111. The number of benzene rings is 1. The molecule has 0 saturated heterocycles. The third kappa shape index (κ3) is 2.46. The van der Waals surface area contributed by atoms with Crippen LogP contribution in [0.2, 0.25) is 0 Å². The van der Waals surface area contributed by atoms with Gasteiger partial charge in [-0.1, -0.05) is 0 Å². The van der Waals surface area contributed by atoms with E-state index in [-0.39, 0.29) is 11.8 Å². The Labute approximate surface area is 93.5 Å². The van der Waals surface area contributed by atoms with Crippen molar-refractivity contribution in [1.82, 2.24) is 0 Å². The molecule has 86 valence electrons. The van der Waals surface area contributed by atoms with Gasteiger partial charge < -0.3 is 4.79 Å². The number of carbonyl (C=O) groups is 1. The summed E-state index contributed by atoms with van der Waals surface area (Å²) in [7, 11) is 0. The largest absolute Gasteiger partial charge is 0.303 e. The van der Waals surface area contributed by atoms with Crippen molar-refractivity contribution in [3.63, 3.8) is 0 Å². The van der Waals surface area contributed by atoms with Gasteiger partial charge in [0.2, 0.25) is 0 Å². The molecule has 1 aromatic rings. The van der Waals surface area contributed by atoms with Gasteiger partial charge in [0.15, 0.2) is 0 Å². The molecule has 0 bridgehead atoms. The third-order valence-corrected chi connectivity index (χ3v) is 3.32. The van der Waals surface area contributed by atoms with Gasteiger partial charge in [-0.05, 0) is 49.3 Å². The zero-order valence-electron chi connectivity index (χ0n) is 8.96. The van der Waals surface area contributed by atoms with Crippen LogP contribution in [0, 0.1) is 17.6 Å². The quantitative estimate of drug-likeness (QED) is 0.703. The van der Waals surface area contributed by atoms with Crippen molar-refractivity contribution in [2.75, 3.05) is 0 Å². The van der Waals surface area contributed by atoms with Crippen molar-refractivity contribution in [1.29, 1.82) is 0 Å². The minimum Gasteiger partial charge on any atom is -0.303 e. The summed E-state index contributed by atoms with van der Waals surface area (Å²) in [6.45, 7) is 0. The van der Waals surface area contributed by atoms with E-state index < -0.39 is 11.6 Å². The van der Waals surface area contributed by atoms with E-state index in [1.807, 2.05) is 0 Å². The molecule has 0 heterocycles. The first-order chi connectivity index (χ1) is 7.69. The first kappa shape index (κ1) is 11.2. The van der Waals surface area contributed by atoms with Crippen LogP contribution in [0.15, 0.2) is 18.2 Å². The second kappa shape index (κ2) is 4.73. The van der Waals surface area contributed by atoms with Gasteiger partial charge in [-0.25, -0.2) is 8.78 Å². The number of hydrogen-bond donors (Lipinski definition) is 0. The van der Waals surface area contributed by atoms with Crippen molar-refractivity contribution in [3.8, 4) is 0 Å². The summed E-state index contributed by atoms with van der Waals surface area (Å²) in [4.78, 5) is 10.6. The molecule has 0 aromatic heterocycles. The Morgan fingerprint density at radius 2 is 1.56 bits per heavy atom. The fraction of sp³-hybridized carbons (Fsp3) is 0.462. The second-order valence-corrected chi connectivity index (χ2v) is 4.45. The summed E-state index contributed by atoms with van der Waals surface area (Å²) < 4.78 is 26.1. The van der Waals surface area contributed by atoms with Crippen LogP contribution < -0.4 is 0 Å². The van der Waals surface area contributed by atoms with Crippen LogP contribution in [-0.4, -0.2) is 6.29 Å². The predicted octanol–water partition coefficient (Wildman–Crippen LogP) is 3.44. The van der Waals surface area contributed by atoms with Crippen molar-refractivity contribution in [3.05, 3.63) is 35.4 Å². The molecular formula is C13H14F2O. The molecule has 3 heteroatoms. The number of aldehydes is 1. The Hall–Kier alpha value is -1.25. The highest BCUT2D eigenvalue weighted by Crippen LogP contribution is 2.35. The monoisotopic (exact) mass is 224 g/mol. The maximum absolute atomic E-state index is 13.0. The Morgan fingerprint density at radius 3 is 2.06 bits per heavy atom. The zero-order chi connectivity index (χ0) is 11.5. The minimum absolute atomic E-state index is 0.134. The van der Waals surface area contributed by atoms with Crippen molar-refractivity contribution in [2.24, 2.45) is 5.92 Å². The lowest BCUT2D eigenvalue weighted by atomic mass is 9.79. The van der Waals surface area contributed by atoms with Gasteiger partial charge in [0.1, 0.15) is 17.9 Å². The summed E-state index contributed by atoms with van der Waals surface area (Å²) in [5.74, 6) is -0.712. The summed E-state index contributed by atoms with van der Waals surface area (Å²) in [6, 6.07) is 3.69. The lowest BCUT2D eigenvalue weighted by Crippen LogP contribution is -2.14. The number of hydrogen-bond acceptors (Lipinski definition) is 1. The molecule has 1 aliphatic carbocycles. The van der Waals surface area contributed by atoms with Crippen LogP contribution in [0.3, 0.4) is 0 Å². The Bertz CT molecular complexity index is 361. The van der Waals surface area contributed by atoms with E-state index in [2.05, 4.69) is 0 Å². The number of halogens is 2. The van der Waals surface area contributed by atoms with E-state index in [1.54, 1.807) is 0 Å². The normalized spacial score (nSPS) is 25.4. The van der Waals surface area contributed by atoms with E-state index in [4.69, 9.17) is 0 Å². The van der Waals surface area contributed by atoms with Crippen LogP contribution in [-0.2, 0) is 4.79 Å². The van der Waals surface area contributed by atoms with E-state index in [0.717, 1.165) is 43.6 Å². The van der Waals surface area contributed by atoms with Crippen LogP contribution in [0.4, 0.5) is 8.78 Å². The molecular weight excluding hydrogens is 210 g/mol. The van der Waals surface area contributed by atoms with E-state index in [9.17, 15) is 13.6 Å². The fourth-order valence-corrected chi connectivity index (χ4v) is 2.40. The van der Waals surface area contributed by atoms with Crippen LogP contribution in [0.1, 0.15) is 37.2 Å². The van der Waals surface area contributed by atoms with Crippen molar-refractivity contribution in [2.45, 2.75) is 31.6 Å². The highest BCUT2D eigenvalue weighted by atomic mass is 19.1. The van der Waals surface area contributed by atoms with Crippen LogP contribution >= 0.6 is 0 Å². The van der Waals surface area contributed by atoms with Gasteiger partial charge in [0, 0.05) is 12.0 Å². The second-order valence-electron chi connectivity index (χ2n) is 4.45.